The first-order chi connectivity index (χ1) is 19.4. The van der Waals surface area contributed by atoms with Crippen LogP contribution in [0.4, 0.5) is 0 Å². The lowest BCUT2D eigenvalue weighted by Gasteiger charge is -2.35. The molecule has 0 spiro atoms. The number of rotatable bonds is 6. The van der Waals surface area contributed by atoms with Crippen LogP contribution in [0, 0.1) is 0 Å². The van der Waals surface area contributed by atoms with Crippen LogP contribution >= 0.6 is 0 Å². The molecule has 2 saturated heterocycles. The Morgan fingerprint density at radius 1 is 1.07 bits per heavy atom. The Morgan fingerprint density at radius 3 is 2.75 bits per heavy atom. The van der Waals surface area contributed by atoms with Crippen LogP contribution < -0.4 is 10.1 Å². The molecule has 2 fully saturated rings. The van der Waals surface area contributed by atoms with Crippen molar-refractivity contribution in [3.8, 4) is 17.0 Å². The van der Waals surface area contributed by atoms with Crippen LogP contribution in [-0.2, 0) is 23.2 Å². The van der Waals surface area contributed by atoms with E-state index in [2.05, 4.69) is 10.4 Å². The molecule has 4 amide bonds. The zero-order valence-electron chi connectivity index (χ0n) is 22.3. The standard InChI is InChI=1S/C30H31N5O5/c1-33-14-12-25(32-33)19-5-4-6-20(15-19)29(38)34-13-3-2-7-22(34)18-40-23-8-9-24-21(16-23)17-35(30(24)39)26-10-11-27(36)31-28(26)37/h4-6,8-9,12,14-16,22,26H,2-3,7,10-11,13,17-18H2,1H3,(H,31,36,37). The third kappa shape index (κ3) is 4.97. The van der Waals surface area contributed by atoms with E-state index in [0.717, 1.165) is 36.1 Å². The fraction of sp³-hybridized carbons (Fsp3) is 0.367. The molecule has 0 bridgehead atoms. The van der Waals surface area contributed by atoms with E-state index in [-0.39, 0.29) is 36.7 Å². The van der Waals surface area contributed by atoms with E-state index < -0.39 is 11.9 Å². The summed E-state index contributed by atoms with van der Waals surface area (Å²) in [6.07, 6.45) is 5.23. The lowest BCUT2D eigenvalue weighted by Crippen LogP contribution is -2.52. The van der Waals surface area contributed by atoms with Crippen LogP contribution in [-0.4, -0.2) is 68.4 Å². The lowest BCUT2D eigenvalue weighted by atomic mass is 10.0. The van der Waals surface area contributed by atoms with Crippen molar-refractivity contribution < 1.29 is 23.9 Å². The number of hydrogen-bond donors (Lipinski definition) is 1. The molecule has 0 saturated carbocycles. The van der Waals surface area contributed by atoms with Gasteiger partial charge in [0.1, 0.15) is 18.4 Å². The van der Waals surface area contributed by atoms with E-state index in [0.29, 0.717) is 36.4 Å². The maximum atomic E-state index is 13.6. The van der Waals surface area contributed by atoms with Gasteiger partial charge in [0.25, 0.3) is 11.8 Å². The number of amides is 4. The molecule has 10 heteroatoms. The van der Waals surface area contributed by atoms with Gasteiger partial charge in [-0.25, -0.2) is 0 Å². The predicted molar refractivity (Wildman–Crippen MR) is 145 cm³/mol. The lowest BCUT2D eigenvalue weighted by molar-refractivity contribution is -0.136. The van der Waals surface area contributed by atoms with Gasteiger partial charge in [0, 0.05) is 49.4 Å². The third-order valence-electron chi connectivity index (χ3n) is 7.94. The van der Waals surface area contributed by atoms with Crippen LogP contribution in [0.2, 0.25) is 0 Å². The van der Waals surface area contributed by atoms with Gasteiger partial charge >= 0.3 is 0 Å². The van der Waals surface area contributed by atoms with Crippen molar-refractivity contribution in [1.29, 1.82) is 0 Å². The molecule has 4 heterocycles. The molecule has 206 valence electrons. The second-order valence-corrected chi connectivity index (χ2v) is 10.6. The van der Waals surface area contributed by atoms with E-state index in [1.165, 1.54) is 4.90 Å². The molecule has 6 rings (SSSR count). The Kier molecular flexibility index (Phi) is 6.83. The van der Waals surface area contributed by atoms with Gasteiger partial charge in [-0.3, -0.25) is 29.2 Å². The quantitative estimate of drug-likeness (QED) is 0.480. The number of nitrogens with zero attached hydrogens (tertiary/aromatic N) is 4. The Labute approximate surface area is 231 Å². The molecule has 2 unspecified atom stereocenters. The van der Waals surface area contributed by atoms with Crippen LogP contribution in [0.25, 0.3) is 11.3 Å². The van der Waals surface area contributed by atoms with Crippen LogP contribution in [0.5, 0.6) is 5.75 Å². The molecule has 1 N–H and O–H groups in total. The summed E-state index contributed by atoms with van der Waals surface area (Å²) in [7, 11) is 1.87. The topological polar surface area (TPSA) is 114 Å². The van der Waals surface area contributed by atoms with Crippen LogP contribution in [0.1, 0.15) is 58.4 Å². The molecule has 3 aliphatic heterocycles. The first kappa shape index (κ1) is 25.8. The highest BCUT2D eigenvalue weighted by Crippen LogP contribution is 2.31. The van der Waals surface area contributed by atoms with Gasteiger partial charge in [0.15, 0.2) is 0 Å². The van der Waals surface area contributed by atoms with Gasteiger partial charge in [0.05, 0.1) is 11.7 Å². The zero-order chi connectivity index (χ0) is 27.8. The van der Waals surface area contributed by atoms with E-state index in [9.17, 15) is 19.2 Å². The SMILES string of the molecule is Cn1ccc(-c2cccc(C(=O)N3CCCCC3COc3ccc4c(c3)CN(C3CCC(=O)NC3=O)C4=O)c2)n1. The summed E-state index contributed by atoms with van der Waals surface area (Å²) in [4.78, 5) is 53.8. The molecule has 10 nitrogen and oxygen atoms in total. The Morgan fingerprint density at radius 2 is 1.95 bits per heavy atom. The molecule has 1 aromatic heterocycles. The van der Waals surface area contributed by atoms with Crippen molar-refractivity contribution in [3.63, 3.8) is 0 Å². The Hall–Kier alpha value is -4.47. The zero-order valence-corrected chi connectivity index (χ0v) is 22.3. The molecule has 3 aliphatic rings. The number of fused-ring (bicyclic) bond motifs is 1. The maximum Gasteiger partial charge on any atom is 0.255 e. The fourth-order valence-corrected chi connectivity index (χ4v) is 5.82. The first-order valence-corrected chi connectivity index (χ1v) is 13.7. The predicted octanol–water partition coefficient (Wildman–Crippen LogP) is 2.92. The fourth-order valence-electron chi connectivity index (χ4n) is 5.82. The smallest absolute Gasteiger partial charge is 0.255 e. The minimum absolute atomic E-state index is 0.0227. The largest absolute Gasteiger partial charge is 0.491 e. The van der Waals surface area contributed by atoms with E-state index >= 15 is 0 Å². The van der Waals surface area contributed by atoms with Gasteiger partial charge in [0.2, 0.25) is 11.8 Å². The van der Waals surface area contributed by atoms with E-state index in [1.54, 1.807) is 16.8 Å². The number of carbonyl (C=O) groups excluding carboxylic acids is 4. The summed E-state index contributed by atoms with van der Waals surface area (Å²) in [6, 6.07) is 14.1. The van der Waals surface area contributed by atoms with Crippen molar-refractivity contribution in [2.75, 3.05) is 13.2 Å². The van der Waals surface area contributed by atoms with Gasteiger partial charge in [-0.2, -0.15) is 5.10 Å². The average molecular weight is 542 g/mol. The highest BCUT2D eigenvalue weighted by atomic mass is 16.5. The highest BCUT2D eigenvalue weighted by molar-refractivity contribution is 6.05. The maximum absolute atomic E-state index is 13.6. The molecular formula is C30H31N5O5. The number of hydrogen-bond acceptors (Lipinski definition) is 6. The molecule has 2 atom stereocenters. The second-order valence-electron chi connectivity index (χ2n) is 10.6. The van der Waals surface area contributed by atoms with Crippen LogP contribution in [0.3, 0.4) is 0 Å². The second kappa shape index (κ2) is 10.6. The molecule has 2 aromatic carbocycles. The molecule has 3 aromatic rings. The van der Waals surface area contributed by atoms with E-state index in [1.807, 2.05) is 54.5 Å². The summed E-state index contributed by atoms with van der Waals surface area (Å²) < 4.78 is 7.91. The van der Waals surface area contributed by atoms with Gasteiger partial charge in [-0.1, -0.05) is 12.1 Å². The van der Waals surface area contributed by atoms with E-state index in [4.69, 9.17) is 4.74 Å². The van der Waals surface area contributed by atoms with Gasteiger partial charge in [-0.15, -0.1) is 0 Å². The van der Waals surface area contributed by atoms with Crippen molar-refractivity contribution in [2.45, 2.75) is 50.7 Å². The average Bonchev–Trinajstić information content (AvgIpc) is 3.54. The molecule has 40 heavy (non-hydrogen) atoms. The Balaban J connectivity index is 1.13. The molecule has 0 radical (unpaired) electrons. The summed E-state index contributed by atoms with van der Waals surface area (Å²) in [5.41, 5.74) is 3.67. The number of aromatic nitrogens is 2. The minimum Gasteiger partial charge on any atom is -0.491 e. The number of piperidine rings is 2. The number of imide groups is 1. The van der Waals surface area contributed by atoms with Crippen molar-refractivity contribution >= 4 is 23.6 Å². The van der Waals surface area contributed by atoms with Crippen molar-refractivity contribution in [3.05, 3.63) is 71.4 Å². The number of aryl methyl sites for hydroxylation is 1. The van der Waals surface area contributed by atoms with Crippen molar-refractivity contribution in [2.24, 2.45) is 7.05 Å². The van der Waals surface area contributed by atoms with Crippen molar-refractivity contribution in [1.82, 2.24) is 24.9 Å². The summed E-state index contributed by atoms with van der Waals surface area (Å²) in [6.45, 7) is 1.30. The number of nitrogens with one attached hydrogen (secondary N) is 1. The number of ether oxygens (including phenoxy) is 1. The summed E-state index contributed by atoms with van der Waals surface area (Å²) in [5, 5.41) is 6.78. The third-order valence-corrected chi connectivity index (χ3v) is 7.94. The summed E-state index contributed by atoms with van der Waals surface area (Å²) >= 11 is 0. The molecular weight excluding hydrogens is 510 g/mol. The minimum atomic E-state index is -0.653. The monoisotopic (exact) mass is 541 g/mol. The summed E-state index contributed by atoms with van der Waals surface area (Å²) in [5.74, 6) is -0.357. The van der Waals surface area contributed by atoms with Crippen LogP contribution in [0.15, 0.2) is 54.7 Å². The number of benzene rings is 2. The number of carbonyl (C=O) groups is 4. The highest BCUT2D eigenvalue weighted by Gasteiger charge is 2.39. The number of likely N-dealkylation sites (tertiary alicyclic amines) is 1. The normalized spacial score (nSPS) is 20.9. The first-order valence-electron chi connectivity index (χ1n) is 13.7. The molecule has 0 aliphatic carbocycles. The van der Waals surface area contributed by atoms with Gasteiger partial charge < -0.3 is 14.5 Å². The Bertz CT molecular complexity index is 1500. The van der Waals surface area contributed by atoms with Gasteiger partial charge in [-0.05, 0) is 67.6 Å².